The number of para-hydroxylation sites is 1. The van der Waals surface area contributed by atoms with Gasteiger partial charge in [0.2, 0.25) is 0 Å². The first-order valence-electron chi connectivity index (χ1n) is 11.0. The van der Waals surface area contributed by atoms with Crippen molar-refractivity contribution < 1.29 is 4.79 Å². The number of pyridine rings is 1. The van der Waals surface area contributed by atoms with Crippen LogP contribution in [0.5, 0.6) is 0 Å². The fraction of sp³-hybridized carbons (Fsp3) is 0.160. The average Bonchev–Trinajstić information content (AvgIpc) is 3.49. The van der Waals surface area contributed by atoms with Gasteiger partial charge in [-0.2, -0.15) is 5.10 Å². The molecule has 9 nitrogen and oxygen atoms in total. The number of imidazole rings is 1. The molecule has 0 N–H and O–H groups in total. The smallest absolute Gasteiger partial charge is 0.270 e. The molecule has 6 rings (SSSR count). The van der Waals surface area contributed by atoms with Crippen molar-refractivity contribution in [1.82, 2.24) is 33.6 Å². The quantitative estimate of drug-likeness (QED) is 0.421. The summed E-state index contributed by atoms with van der Waals surface area (Å²) in [6.45, 7) is 3.37. The van der Waals surface area contributed by atoms with Gasteiger partial charge in [-0.15, -0.1) is 0 Å². The molecule has 34 heavy (non-hydrogen) atoms. The van der Waals surface area contributed by atoms with E-state index in [0.29, 0.717) is 25.3 Å². The van der Waals surface area contributed by atoms with Gasteiger partial charge in [-0.3, -0.25) is 14.0 Å². The maximum Gasteiger partial charge on any atom is 0.270 e. The Hall–Kier alpha value is -4.53. The standard InChI is InChI=1S/C25H21N7O2/c1-17-21-16-29(24(33)20-14-26-22-9-5-6-10-31(22)25(20)34)11-12-30(21)23(28-17)18-13-27-32(15-18)19-7-3-2-4-8-19/h2-10,13-15H,11-12,16H2,1H3. The molecule has 0 spiro atoms. The lowest BCUT2D eigenvalue weighted by Gasteiger charge is -2.29. The predicted octanol–water partition coefficient (Wildman–Crippen LogP) is 2.71. The van der Waals surface area contributed by atoms with E-state index in [9.17, 15) is 9.59 Å². The van der Waals surface area contributed by atoms with Gasteiger partial charge in [0.1, 0.15) is 17.0 Å². The Balaban J connectivity index is 1.30. The Morgan fingerprint density at radius 2 is 1.82 bits per heavy atom. The molecule has 0 aliphatic carbocycles. The highest BCUT2D eigenvalue weighted by atomic mass is 16.2. The van der Waals surface area contributed by atoms with E-state index >= 15 is 0 Å². The van der Waals surface area contributed by atoms with E-state index in [2.05, 4.69) is 14.6 Å². The number of carbonyl (C=O) groups excluding carboxylic acids is 1. The first kappa shape index (κ1) is 20.1. The molecule has 168 valence electrons. The van der Waals surface area contributed by atoms with Gasteiger partial charge in [-0.1, -0.05) is 24.3 Å². The van der Waals surface area contributed by atoms with Crippen LogP contribution >= 0.6 is 0 Å². The molecule has 0 saturated carbocycles. The molecule has 1 aliphatic rings. The third-order valence-corrected chi connectivity index (χ3v) is 6.20. The highest BCUT2D eigenvalue weighted by Crippen LogP contribution is 2.27. The molecule has 1 amide bonds. The van der Waals surface area contributed by atoms with Crippen LogP contribution in [0.2, 0.25) is 0 Å². The van der Waals surface area contributed by atoms with Gasteiger partial charge >= 0.3 is 0 Å². The minimum absolute atomic E-state index is 0.0682. The van der Waals surface area contributed by atoms with Gasteiger partial charge < -0.3 is 9.47 Å². The minimum atomic E-state index is -0.361. The van der Waals surface area contributed by atoms with Crippen molar-refractivity contribution in [3.05, 3.63) is 101 Å². The van der Waals surface area contributed by atoms with Crippen LogP contribution in [0, 0.1) is 6.92 Å². The normalized spacial score (nSPS) is 13.3. The second-order valence-electron chi connectivity index (χ2n) is 8.26. The van der Waals surface area contributed by atoms with Crippen LogP contribution in [0.3, 0.4) is 0 Å². The van der Waals surface area contributed by atoms with Crippen LogP contribution in [0.25, 0.3) is 22.7 Å². The number of hydrogen-bond acceptors (Lipinski definition) is 5. The van der Waals surface area contributed by atoms with E-state index in [1.54, 1.807) is 35.5 Å². The zero-order valence-electron chi connectivity index (χ0n) is 18.5. The molecule has 0 atom stereocenters. The number of carbonyl (C=O) groups is 1. The lowest BCUT2D eigenvalue weighted by atomic mass is 10.2. The Morgan fingerprint density at radius 3 is 2.68 bits per heavy atom. The van der Waals surface area contributed by atoms with Crippen molar-refractivity contribution in [1.29, 1.82) is 0 Å². The molecule has 0 fully saturated rings. The van der Waals surface area contributed by atoms with E-state index in [4.69, 9.17) is 4.98 Å². The Labute approximate surface area is 194 Å². The van der Waals surface area contributed by atoms with Crippen LogP contribution in [0.15, 0.2) is 78.1 Å². The first-order chi connectivity index (χ1) is 16.6. The number of amides is 1. The fourth-order valence-corrected chi connectivity index (χ4v) is 4.43. The summed E-state index contributed by atoms with van der Waals surface area (Å²) in [5.74, 6) is 0.510. The van der Waals surface area contributed by atoms with Crippen molar-refractivity contribution >= 4 is 11.6 Å². The summed E-state index contributed by atoms with van der Waals surface area (Å²) in [5, 5.41) is 4.49. The highest BCUT2D eigenvalue weighted by molar-refractivity contribution is 5.93. The molecule has 5 aromatic rings. The summed E-state index contributed by atoms with van der Waals surface area (Å²) in [7, 11) is 0. The Bertz CT molecular complexity index is 1600. The largest absolute Gasteiger partial charge is 0.331 e. The molecule has 1 aliphatic heterocycles. The van der Waals surface area contributed by atoms with Gasteiger partial charge in [-0.25, -0.2) is 14.6 Å². The number of nitrogens with zero attached hydrogens (tertiary/aromatic N) is 7. The summed E-state index contributed by atoms with van der Waals surface area (Å²) < 4.78 is 5.36. The highest BCUT2D eigenvalue weighted by Gasteiger charge is 2.28. The number of hydrogen-bond donors (Lipinski definition) is 0. The molecule has 5 heterocycles. The maximum absolute atomic E-state index is 13.3. The number of fused-ring (bicyclic) bond motifs is 2. The summed E-state index contributed by atoms with van der Waals surface area (Å²) in [6.07, 6.45) is 6.77. The van der Waals surface area contributed by atoms with E-state index in [1.807, 2.05) is 48.1 Å². The molecular formula is C25H21N7O2. The molecular weight excluding hydrogens is 430 g/mol. The molecule has 0 radical (unpaired) electrons. The summed E-state index contributed by atoms with van der Waals surface area (Å²) in [5.41, 5.74) is 3.92. The molecule has 9 heteroatoms. The summed E-state index contributed by atoms with van der Waals surface area (Å²) in [6, 6.07) is 15.2. The number of aromatic nitrogens is 6. The average molecular weight is 451 g/mol. The van der Waals surface area contributed by atoms with Crippen LogP contribution in [-0.4, -0.2) is 46.1 Å². The fourth-order valence-electron chi connectivity index (χ4n) is 4.43. The monoisotopic (exact) mass is 451 g/mol. The second-order valence-corrected chi connectivity index (χ2v) is 8.26. The molecule has 0 saturated heterocycles. The van der Waals surface area contributed by atoms with Gasteiger partial charge in [-0.05, 0) is 31.2 Å². The number of aryl methyl sites for hydroxylation is 1. The van der Waals surface area contributed by atoms with Gasteiger partial charge in [0.15, 0.2) is 0 Å². The first-order valence-corrected chi connectivity index (χ1v) is 11.0. The Morgan fingerprint density at radius 1 is 1.00 bits per heavy atom. The summed E-state index contributed by atoms with van der Waals surface area (Å²) >= 11 is 0. The van der Waals surface area contributed by atoms with Gasteiger partial charge in [0.05, 0.1) is 35.4 Å². The molecule has 0 bridgehead atoms. The molecule has 0 unspecified atom stereocenters. The van der Waals surface area contributed by atoms with Crippen LogP contribution in [-0.2, 0) is 13.1 Å². The third kappa shape index (κ3) is 3.21. The minimum Gasteiger partial charge on any atom is -0.331 e. The van der Waals surface area contributed by atoms with E-state index in [-0.39, 0.29) is 17.0 Å². The number of benzene rings is 1. The van der Waals surface area contributed by atoms with Crippen molar-refractivity contribution in [2.75, 3.05) is 6.54 Å². The maximum atomic E-state index is 13.3. The Kier molecular flexibility index (Phi) is 4.61. The van der Waals surface area contributed by atoms with Crippen LogP contribution in [0.4, 0.5) is 0 Å². The van der Waals surface area contributed by atoms with Gasteiger partial charge in [0.25, 0.3) is 11.5 Å². The van der Waals surface area contributed by atoms with E-state index in [0.717, 1.165) is 28.5 Å². The second kappa shape index (κ2) is 7.80. The predicted molar refractivity (Wildman–Crippen MR) is 126 cm³/mol. The zero-order valence-corrected chi connectivity index (χ0v) is 18.5. The third-order valence-electron chi connectivity index (χ3n) is 6.20. The van der Waals surface area contributed by atoms with Crippen LogP contribution < -0.4 is 5.56 Å². The molecule has 1 aromatic carbocycles. The van der Waals surface area contributed by atoms with Crippen molar-refractivity contribution in [3.63, 3.8) is 0 Å². The zero-order chi connectivity index (χ0) is 23.2. The lowest BCUT2D eigenvalue weighted by molar-refractivity contribution is 0.0709. The van der Waals surface area contributed by atoms with Crippen molar-refractivity contribution in [3.8, 4) is 17.1 Å². The molecule has 4 aromatic heterocycles. The van der Waals surface area contributed by atoms with Crippen LogP contribution in [0.1, 0.15) is 21.7 Å². The number of rotatable bonds is 3. The van der Waals surface area contributed by atoms with Crippen molar-refractivity contribution in [2.45, 2.75) is 20.0 Å². The van der Waals surface area contributed by atoms with Crippen molar-refractivity contribution in [2.24, 2.45) is 0 Å². The van der Waals surface area contributed by atoms with Gasteiger partial charge in [0, 0.05) is 31.7 Å². The summed E-state index contributed by atoms with van der Waals surface area (Å²) in [4.78, 5) is 36.9. The SMILES string of the molecule is Cc1nc(-c2cnn(-c3ccccc3)c2)n2c1CN(C(=O)c1cnc3ccccn3c1=O)CC2. The van der Waals surface area contributed by atoms with E-state index < -0.39 is 0 Å². The van der Waals surface area contributed by atoms with E-state index in [1.165, 1.54) is 10.6 Å². The topological polar surface area (TPSA) is 90.3 Å². The lowest BCUT2D eigenvalue weighted by Crippen LogP contribution is -2.41.